The fraction of sp³-hybridized carbons (Fsp3) is 0.538. The van der Waals surface area contributed by atoms with Crippen LogP contribution in [0.2, 0.25) is 0 Å². The highest BCUT2D eigenvalue weighted by Crippen LogP contribution is 2.22. The van der Waals surface area contributed by atoms with Gasteiger partial charge in [-0.25, -0.2) is 5.11 Å². The third-order valence-corrected chi connectivity index (χ3v) is 2.56. The summed E-state index contributed by atoms with van der Waals surface area (Å²) in [4.78, 5) is 0. The zero-order valence-electron chi connectivity index (χ0n) is 9.53. The lowest BCUT2D eigenvalue weighted by Crippen LogP contribution is -1.95. The number of methoxy groups -OCH3 is 1. The molecule has 2 heteroatoms. The molecular formula is C13H19O2. The maximum atomic E-state index is 11.8. The van der Waals surface area contributed by atoms with Crippen LogP contribution in [0.15, 0.2) is 24.3 Å². The highest BCUT2D eigenvalue weighted by atomic mass is 16.5. The van der Waals surface area contributed by atoms with Crippen LogP contribution in [0.25, 0.3) is 0 Å². The number of benzene rings is 1. The summed E-state index contributed by atoms with van der Waals surface area (Å²) in [7, 11) is 1.63. The molecule has 0 aliphatic heterocycles. The predicted octanol–water partition coefficient (Wildman–Crippen LogP) is 3.75. The number of hydrogen-bond acceptors (Lipinski definition) is 1. The van der Waals surface area contributed by atoms with Gasteiger partial charge in [-0.3, -0.25) is 0 Å². The third-order valence-electron chi connectivity index (χ3n) is 2.56. The SMILES string of the molecule is CCCCCC([O])c1ccc(OC)cc1. The Hall–Kier alpha value is -1.02. The van der Waals surface area contributed by atoms with Crippen molar-refractivity contribution in [2.24, 2.45) is 0 Å². The zero-order valence-corrected chi connectivity index (χ0v) is 9.53. The van der Waals surface area contributed by atoms with E-state index in [9.17, 15) is 5.11 Å². The van der Waals surface area contributed by atoms with Crippen molar-refractivity contribution >= 4 is 0 Å². The van der Waals surface area contributed by atoms with Crippen LogP contribution in [0.1, 0.15) is 44.3 Å². The summed E-state index contributed by atoms with van der Waals surface area (Å²) >= 11 is 0. The molecule has 0 heterocycles. The Labute approximate surface area is 91.9 Å². The molecule has 0 aromatic heterocycles. The lowest BCUT2D eigenvalue weighted by Gasteiger charge is -2.08. The van der Waals surface area contributed by atoms with Gasteiger partial charge in [-0.15, -0.1) is 0 Å². The molecule has 0 fully saturated rings. The Kier molecular flexibility index (Phi) is 5.19. The molecule has 1 aromatic carbocycles. The van der Waals surface area contributed by atoms with Crippen molar-refractivity contribution in [3.05, 3.63) is 29.8 Å². The van der Waals surface area contributed by atoms with Crippen molar-refractivity contribution in [3.63, 3.8) is 0 Å². The zero-order chi connectivity index (χ0) is 11.1. The quantitative estimate of drug-likeness (QED) is 0.653. The van der Waals surface area contributed by atoms with Crippen LogP contribution in [-0.4, -0.2) is 7.11 Å². The van der Waals surface area contributed by atoms with Crippen LogP contribution in [0, 0.1) is 0 Å². The molecule has 15 heavy (non-hydrogen) atoms. The summed E-state index contributed by atoms with van der Waals surface area (Å²) in [5.74, 6) is 0.805. The van der Waals surface area contributed by atoms with E-state index >= 15 is 0 Å². The molecule has 0 N–H and O–H groups in total. The summed E-state index contributed by atoms with van der Waals surface area (Å²) in [6, 6.07) is 7.42. The minimum Gasteiger partial charge on any atom is -0.497 e. The topological polar surface area (TPSA) is 29.1 Å². The van der Waals surface area contributed by atoms with Gasteiger partial charge in [-0.2, -0.15) is 0 Å². The average Bonchev–Trinajstić information content (AvgIpc) is 2.29. The van der Waals surface area contributed by atoms with Crippen LogP contribution >= 0.6 is 0 Å². The van der Waals surface area contributed by atoms with Gasteiger partial charge in [0.25, 0.3) is 0 Å². The van der Waals surface area contributed by atoms with Gasteiger partial charge in [0.05, 0.1) is 7.11 Å². The molecular weight excluding hydrogens is 188 g/mol. The average molecular weight is 207 g/mol. The van der Waals surface area contributed by atoms with E-state index in [4.69, 9.17) is 4.74 Å². The largest absolute Gasteiger partial charge is 0.497 e. The van der Waals surface area contributed by atoms with E-state index in [0.717, 1.165) is 37.0 Å². The maximum Gasteiger partial charge on any atom is 0.118 e. The molecule has 0 aliphatic rings. The van der Waals surface area contributed by atoms with Crippen LogP contribution < -0.4 is 4.74 Å². The van der Waals surface area contributed by atoms with Gasteiger partial charge in [0.2, 0.25) is 0 Å². The van der Waals surface area contributed by atoms with Crippen LogP contribution in [0.5, 0.6) is 5.75 Å². The van der Waals surface area contributed by atoms with Gasteiger partial charge in [0.1, 0.15) is 11.9 Å². The molecule has 0 spiro atoms. The van der Waals surface area contributed by atoms with Crippen LogP contribution in [-0.2, 0) is 5.11 Å². The minimum absolute atomic E-state index is 0.581. The van der Waals surface area contributed by atoms with Crippen molar-refractivity contribution < 1.29 is 9.84 Å². The molecule has 1 aromatic rings. The van der Waals surface area contributed by atoms with Crippen molar-refractivity contribution in [2.45, 2.75) is 38.7 Å². The van der Waals surface area contributed by atoms with Crippen molar-refractivity contribution in [1.29, 1.82) is 0 Å². The summed E-state index contributed by atoms with van der Waals surface area (Å²) in [6.07, 6.45) is 3.49. The molecule has 1 radical (unpaired) electrons. The lowest BCUT2D eigenvalue weighted by atomic mass is 10.0. The minimum atomic E-state index is -0.581. The second kappa shape index (κ2) is 6.46. The molecule has 1 atom stereocenters. The van der Waals surface area contributed by atoms with Gasteiger partial charge < -0.3 is 4.74 Å². The molecule has 0 amide bonds. The van der Waals surface area contributed by atoms with Gasteiger partial charge in [-0.05, 0) is 24.1 Å². The summed E-state index contributed by atoms with van der Waals surface area (Å²) in [5.41, 5.74) is 0.868. The predicted molar refractivity (Wildman–Crippen MR) is 60.6 cm³/mol. The fourth-order valence-corrected chi connectivity index (χ4v) is 1.56. The van der Waals surface area contributed by atoms with Gasteiger partial charge in [-0.1, -0.05) is 38.3 Å². The fourth-order valence-electron chi connectivity index (χ4n) is 1.56. The number of ether oxygens (including phenoxy) is 1. The third kappa shape index (κ3) is 3.92. The first-order valence-electron chi connectivity index (χ1n) is 5.57. The van der Waals surface area contributed by atoms with E-state index in [2.05, 4.69) is 6.92 Å². The summed E-state index contributed by atoms with van der Waals surface area (Å²) in [5, 5.41) is 11.8. The van der Waals surface area contributed by atoms with E-state index in [1.807, 2.05) is 24.3 Å². The first kappa shape index (κ1) is 12.1. The molecule has 0 saturated heterocycles. The lowest BCUT2D eigenvalue weighted by molar-refractivity contribution is 0.0787. The first-order valence-corrected chi connectivity index (χ1v) is 5.57. The molecule has 0 bridgehead atoms. The molecule has 0 aliphatic carbocycles. The number of hydrogen-bond donors (Lipinski definition) is 0. The smallest absolute Gasteiger partial charge is 0.118 e. The number of rotatable bonds is 6. The van der Waals surface area contributed by atoms with Crippen molar-refractivity contribution in [1.82, 2.24) is 0 Å². The van der Waals surface area contributed by atoms with Crippen molar-refractivity contribution in [3.8, 4) is 5.75 Å². The summed E-state index contributed by atoms with van der Waals surface area (Å²) in [6.45, 7) is 2.15. The molecule has 2 nitrogen and oxygen atoms in total. The Morgan fingerprint density at radius 1 is 1.20 bits per heavy atom. The second-order valence-corrected chi connectivity index (χ2v) is 3.76. The standard InChI is InChI=1S/C13H19O2/c1-3-4-5-6-13(14)11-7-9-12(15-2)10-8-11/h7-10,13H,3-6H2,1-2H3. The Balaban J connectivity index is 2.46. The monoisotopic (exact) mass is 207 g/mol. The second-order valence-electron chi connectivity index (χ2n) is 3.76. The highest BCUT2D eigenvalue weighted by Gasteiger charge is 2.08. The van der Waals surface area contributed by atoms with Crippen LogP contribution in [0.4, 0.5) is 0 Å². The summed E-state index contributed by atoms with van der Waals surface area (Å²) < 4.78 is 5.05. The molecule has 1 unspecified atom stereocenters. The Morgan fingerprint density at radius 2 is 1.87 bits per heavy atom. The Morgan fingerprint density at radius 3 is 2.40 bits per heavy atom. The maximum absolute atomic E-state index is 11.8. The molecule has 1 rings (SSSR count). The van der Waals surface area contributed by atoms with Crippen molar-refractivity contribution in [2.75, 3.05) is 7.11 Å². The first-order chi connectivity index (χ1) is 7.27. The van der Waals surface area contributed by atoms with E-state index < -0.39 is 6.10 Å². The normalized spacial score (nSPS) is 12.5. The molecule has 0 saturated carbocycles. The van der Waals surface area contributed by atoms with Gasteiger partial charge >= 0.3 is 0 Å². The van der Waals surface area contributed by atoms with E-state index in [0.29, 0.717) is 0 Å². The molecule has 83 valence electrons. The van der Waals surface area contributed by atoms with E-state index in [1.165, 1.54) is 0 Å². The van der Waals surface area contributed by atoms with E-state index in [1.54, 1.807) is 7.11 Å². The van der Waals surface area contributed by atoms with Gasteiger partial charge in [0, 0.05) is 0 Å². The van der Waals surface area contributed by atoms with Gasteiger partial charge in [0.15, 0.2) is 0 Å². The van der Waals surface area contributed by atoms with Crippen LogP contribution in [0.3, 0.4) is 0 Å². The van der Waals surface area contributed by atoms with E-state index in [-0.39, 0.29) is 0 Å². The number of unbranched alkanes of at least 4 members (excludes halogenated alkanes) is 2. The highest BCUT2D eigenvalue weighted by molar-refractivity contribution is 5.28. The Bertz CT molecular complexity index is 266.